The molecule has 4 rings (SSSR count). The van der Waals surface area contributed by atoms with Crippen molar-refractivity contribution in [2.24, 2.45) is 0 Å². The summed E-state index contributed by atoms with van der Waals surface area (Å²) in [5, 5.41) is 4.77. The minimum absolute atomic E-state index is 0.206. The molecular formula is C21H23ClN4O2. The molecule has 2 aromatic heterocycles. The molecule has 0 saturated carbocycles. The number of benzene rings is 1. The number of aryl methyl sites for hydroxylation is 1. The van der Waals surface area contributed by atoms with Crippen LogP contribution in [-0.2, 0) is 0 Å². The predicted molar refractivity (Wildman–Crippen MR) is 113 cm³/mol. The lowest BCUT2D eigenvalue weighted by atomic mass is 10.2. The second-order valence-corrected chi connectivity index (χ2v) is 7.45. The number of aromatic amines is 1. The Hall–Kier alpha value is -2.57. The quantitative estimate of drug-likeness (QED) is 0.611. The molecule has 1 aliphatic heterocycles. The first-order valence-corrected chi connectivity index (χ1v) is 9.89. The van der Waals surface area contributed by atoms with Crippen molar-refractivity contribution in [2.45, 2.75) is 19.8 Å². The van der Waals surface area contributed by atoms with Crippen molar-refractivity contribution in [1.29, 1.82) is 0 Å². The highest BCUT2D eigenvalue weighted by Crippen LogP contribution is 2.27. The summed E-state index contributed by atoms with van der Waals surface area (Å²) in [6, 6.07) is 9.33. The molecule has 2 N–H and O–H groups in total. The molecule has 0 spiro atoms. The first-order chi connectivity index (χ1) is 13.6. The number of hydrogen-bond donors (Lipinski definition) is 2. The maximum atomic E-state index is 12.2. The Kier molecular flexibility index (Phi) is 5.50. The number of fused-ring (bicyclic) bond motifs is 1. The van der Waals surface area contributed by atoms with Crippen LogP contribution in [0.3, 0.4) is 0 Å². The van der Waals surface area contributed by atoms with Gasteiger partial charge in [0, 0.05) is 18.4 Å². The van der Waals surface area contributed by atoms with Gasteiger partial charge in [-0.2, -0.15) is 0 Å². The maximum absolute atomic E-state index is 12.2. The van der Waals surface area contributed by atoms with Crippen LogP contribution in [0.4, 0.5) is 11.5 Å². The van der Waals surface area contributed by atoms with E-state index in [4.69, 9.17) is 16.3 Å². The number of hydrogen-bond acceptors (Lipinski definition) is 5. The third-order valence-electron chi connectivity index (χ3n) is 5.02. The molecule has 0 aliphatic carbocycles. The molecule has 7 heteroatoms. The summed E-state index contributed by atoms with van der Waals surface area (Å²) in [5.41, 5.74) is 1.64. The van der Waals surface area contributed by atoms with E-state index in [1.807, 2.05) is 25.1 Å². The van der Waals surface area contributed by atoms with E-state index in [9.17, 15) is 4.79 Å². The molecule has 0 unspecified atom stereocenters. The third-order valence-corrected chi connectivity index (χ3v) is 5.22. The molecule has 0 radical (unpaired) electrons. The number of pyridine rings is 2. The van der Waals surface area contributed by atoms with Gasteiger partial charge in [0.05, 0.1) is 5.39 Å². The Balaban J connectivity index is 1.50. The van der Waals surface area contributed by atoms with Gasteiger partial charge in [0.2, 0.25) is 0 Å². The van der Waals surface area contributed by atoms with Gasteiger partial charge in [-0.25, -0.2) is 4.98 Å². The first kappa shape index (κ1) is 18.8. The van der Waals surface area contributed by atoms with E-state index in [2.05, 4.69) is 20.2 Å². The van der Waals surface area contributed by atoms with Crippen molar-refractivity contribution in [3.05, 3.63) is 57.6 Å². The van der Waals surface area contributed by atoms with E-state index in [1.54, 1.807) is 18.3 Å². The Labute approximate surface area is 168 Å². The number of likely N-dealkylation sites (tertiary alicyclic amines) is 1. The zero-order chi connectivity index (χ0) is 19.5. The Bertz CT molecular complexity index is 1040. The van der Waals surface area contributed by atoms with Gasteiger partial charge in [-0.15, -0.1) is 0 Å². The summed E-state index contributed by atoms with van der Waals surface area (Å²) in [5.74, 6) is 1.30. The molecule has 146 valence electrons. The summed E-state index contributed by atoms with van der Waals surface area (Å²) in [7, 11) is 0. The van der Waals surface area contributed by atoms with Crippen molar-refractivity contribution >= 4 is 33.9 Å². The largest absolute Gasteiger partial charge is 0.492 e. The van der Waals surface area contributed by atoms with Crippen molar-refractivity contribution in [3.8, 4) is 5.75 Å². The predicted octanol–water partition coefficient (Wildman–Crippen LogP) is 4.10. The molecule has 0 atom stereocenters. The van der Waals surface area contributed by atoms with Gasteiger partial charge >= 0.3 is 0 Å². The summed E-state index contributed by atoms with van der Waals surface area (Å²) in [6.45, 7) is 5.99. The smallest absolute Gasteiger partial charge is 0.259 e. The van der Waals surface area contributed by atoms with Gasteiger partial charge in [-0.1, -0.05) is 11.6 Å². The second-order valence-electron chi connectivity index (χ2n) is 7.07. The molecule has 0 bridgehead atoms. The number of nitrogens with zero attached hydrogens (tertiary/aromatic N) is 2. The number of anilines is 2. The SMILES string of the molecule is Cc1cc(Nc2nc(Cl)cc3cc[nH]c(=O)c23)ccc1OCCN1CCCC1. The normalized spacial score (nSPS) is 14.5. The fourth-order valence-electron chi connectivity index (χ4n) is 3.59. The van der Waals surface area contributed by atoms with Gasteiger partial charge in [0.1, 0.15) is 23.3 Å². The Morgan fingerprint density at radius 2 is 2.07 bits per heavy atom. The van der Waals surface area contributed by atoms with Gasteiger partial charge in [-0.3, -0.25) is 9.69 Å². The number of rotatable bonds is 6. The molecule has 28 heavy (non-hydrogen) atoms. The average molecular weight is 399 g/mol. The molecular weight excluding hydrogens is 376 g/mol. The average Bonchev–Trinajstić information content (AvgIpc) is 3.16. The van der Waals surface area contributed by atoms with Crippen molar-refractivity contribution in [1.82, 2.24) is 14.9 Å². The number of halogens is 1. The molecule has 1 fully saturated rings. The highest BCUT2D eigenvalue weighted by molar-refractivity contribution is 6.30. The van der Waals surface area contributed by atoms with E-state index in [1.165, 1.54) is 25.9 Å². The van der Waals surface area contributed by atoms with Crippen LogP contribution >= 0.6 is 11.6 Å². The van der Waals surface area contributed by atoms with Crippen LogP contribution in [0.5, 0.6) is 5.75 Å². The van der Waals surface area contributed by atoms with Crippen LogP contribution in [0, 0.1) is 6.92 Å². The minimum Gasteiger partial charge on any atom is -0.492 e. The van der Waals surface area contributed by atoms with Crippen LogP contribution < -0.4 is 15.6 Å². The van der Waals surface area contributed by atoms with Crippen molar-refractivity contribution < 1.29 is 4.74 Å². The van der Waals surface area contributed by atoms with Crippen LogP contribution in [-0.4, -0.2) is 41.1 Å². The number of aromatic nitrogens is 2. The molecule has 1 saturated heterocycles. The number of ether oxygens (including phenoxy) is 1. The van der Waals surface area contributed by atoms with E-state index in [0.717, 1.165) is 28.9 Å². The lowest BCUT2D eigenvalue weighted by Crippen LogP contribution is -2.25. The van der Waals surface area contributed by atoms with Crippen LogP contribution in [0.1, 0.15) is 18.4 Å². The van der Waals surface area contributed by atoms with Gasteiger partial charge < -0.3 is 15.0 Å². The highest BCUT2D eigenvalue weighted by Gasteiger charge is 2.12. The number of nitrogens with one attached hydrogen (secondary N) is 2. The topological polar surface area (TPSA) is 70.2 Å². The van der Waals surface area contributed by atoms with Crippen molar-refractivity contribution in [2.75, 3.05) is 31.6 Å². The van der Waals surface area contributed by atoms with Gasteiger partial charge in [-0.05, 0) is 74.1 Å². The monoisotopic (exact) mass is 398 g/mol. The summed E-state index contributed by atoms with van der Waals surface area (Å²) in [4.78, 5) is 21.7. The van der Waals surface area contributed by atoms with Crippen LogP contribution in [0.25, 0.3) is 10.8 Å². The standard InChI is InChI=1S/C21H23ClN4O2/c1-14-12-16(4-5-17(14)28-11-10-26-8-2-3-9-26)24-20-19-15(13-18(22)25-20)6-7-23-21(19)27/h4-7,12-13H,2-3,8-11H2,1H3,(H,23,27)(H,24,25). The van der Waals surface area contributed by atoms with E-state index < -0.39 is 0 Å². The Morgan fingerprint density at radius 1 is 1.25 bits per heavy atom. The third kappa shape index (κ3) is 4.13. The van der Waals surface area contributed by atoms with Crippen molar-refractivity contribution in [3.63, 3.8) is 0 Å². The molecule has 3 heterocycles. The first-order valence-electron chi connectivity index (χ1n) is 9.51. The Morgan fingerprint density at radius 3 is 2.86 bits per heavy atom. The molecule has 1 aliphatic rings. The minimum atomic E-state index is -0.206. The zero-order valence-corrected chi connectivity index (χ0v) is 16.6. The van der Waals surface area contributed by atoms with E-state index >= 15 is 0 Å². The molecule has 0 amide bonds. The molecule has 1 aromatic carbocycles. The highest BCUT2D eigenvalue weighted by atomic mass is 35.5. The second kappa shape index (κ2) is 8.20. The van der Waals surface area contributed by atoms with E-state index in [-0.39, 0.29) is 5.56 Å². The lowest BCUT2D eigenvalue weighted by molar-refractivity contribution is 0.237. The van der Waals surface area contributed by atoms with Gasteiger partial charge in [0.25, 0.3) is 5.56 Å². The van der Waals surface area contributed by atoms with E-state index in [0.29, 0.717) is 23.0 Å². The number of H-pyrrole nitrogens is 1. The summed E-state index contributed by atoms with van der Waals surface area (Å²) >= 11 is 6.12. The lowest BCUT2D eigenvalue weighted by Gasteiger charge is -2.16. The molecule has 6 nitrogen and oxygen atoms in total. The van der Waals surface area contributed by atoms with Gasteiger partial charge in [0.15, 0.2) is 0 Å². The molecule has 3 aromatic rings. The summed E-state index contributed by atoms with van der Waals surface area (Å²) in [6.07, 6.45) is 4.17. The maximum Gasteiger partial charge on any atom is 0.259 e. The zero-order valence-electron chi connectivity index (χ0n) is 15.8. The fraction of sp³-hybridized carbons (Fsp3) is 0.333. The van der Waals surface area contributed by atoms with Crippen LogP contribution in [0.2, 0.25) is 5.15 Å². The fourth-order valence-corrected chi connectivity index (χ4v) is 3.79. The van der Waals surface area contributed by atoms with Crippen LogP contribution in [0.15, 0.2) is 41.3 Å². The summed E-state index contributed by atoms with van der Waals surface area (Å²) < 4.78 is 5.95.